The van der Waals surface area contributed by atoms with Crippen molar-refractivity contribution in [3.63, 3.8) is 0 Å². The molecule has 5 heteroatoms. The lowest BCUT2D eigenvalue weighted by atomic mass is 10.2. The predicted molar refractivity (Wildman–Crippen MR) is 78.3 cm³/mol. The van der Waals surface area contributed by atoms with E-state index in [0.29, 0.717) is 0 Å². The molecule has 4 nitrogen and oxygen atoms in total. The summed E-state index contributed by atoms with van der Waals surface area (Å²) < 4.78 is 0. The van der Waals surface area contributed by atoms with Gasteiger partial charge in [-0.1, -0.05) is 37.9 Å². The van der Waals surface area contributed by atoms with Crippen LogP contribution in [0.2, 0.25) is 0 Å². The fraction of sp³-hybridized carbons (Fsp3) is 0.538. The number of nitrogens with zero attached hydrogens (tertiary/aromatic N) is 2. The fourth-order valence-corrected chi connectivity index (χ4v) is 2.27. The maximum Gasteiger partial charge on any atom is 0.191 e. The van der Waals surface area contributed by atoms with E-state index in [2.05, 4.69) is 27.2 Å². The van der Waals surface area contributed by atoms with E-state index >= 15 is 0 Å². The van der Waals surface area contributed by atoms with Gasteiger partial charge < -0.3 is 10.3 Å². The molecule has 0 bridgehead atoms. The molecule has 0 atom stereocenters. The Balaban J connectivity index is 2.04. The zero-order valence-corrected chi connectivity index (χ0v) is 11.8. The van der Waals surface area contributed by atoms with E-state index in [9.17, 15) is 0 Å². The zero-order valence-electron chi connectivity index (χ0n) is 11.0. The van der Waals surface area contributed by atoms with Crippen molar-refractivity contribution in [2.75, 3.05) is 18.1 Å². The molecule has 0 amide bonds. The van der Waals surface area contributed by atoms with Gasteiger partial charge in [0.15, 0.2) is 5.16 Å². The standard InChI is InChI=1S/C13H20N4S/c1-3-4-5-6-8-14-11-10-7-9-15-12(10)17-13(16-11)18-2/h7,9H,3-6,8H2,1-2H3,(H2,14,15,16,17). The summed E-state index contributed by atoms with van der Waals surface area (Å²) in [5, 5.41) is 5.30. The van der Waals surface area contributed by atoms with Gasteiger partial charge >= 0.3 is 0 Å². The molecule has 0 aliphatic rings. The number of fused-ring (bicyclic) bond motifs is 1. The van der Waals surface area contributed by atoms with E-state index in [1.165, 1.54) is 25.7 Å². The minimum atomic E-state index is 0.806. The number of aromatic amines is 1. The minimum absolute atomic E-state index is 0.806. The molecule has 0 aliphatic heterocycles. The first-order valence-corrected chi connectivity index (χ1v) is 7.70. The fourth-order valence-electron chi connectivity index (χ4n) is 1.91. The maximum atomic E-state index is 4.53. The molecule has 2 N–H and O–H groups in total. The Kier molecular flexibility index (Phi) is 4.87. The molecule has 0 fully saturated rings. The van der Waals surface area contributed by atoms with Gasteiger partial charge in [0.1, 0.15) is 11.5 Å². The summed E-state index contributed by atoms with van der Waals surface area (Å²) in [6.45, 7) is 3.21. The van der Waals surface area contributed by atoms with E-state index < -0.39 is 0 Å². The number of hydrogen-bond donors (Lipinski definition) is 2. The van der Waals surface area contributed by atoms with Crippen LogP contribution in [0, 0.1) is 0 Å². The van der Waals surface area contributed by atoms with Crippen molar-refractivity contribution >= 4 is 28.6 Å². The lowest BCUT2D eigenvalue weighted by Crippen LogP contribution is -2.05. The molecule has 2 aromatic rings. The molecule has 0 saturated carbocycles. The van der Waals surface area contributed by atoms with Gasteiger partial charge in [-0.3, -0.25) is 0 Å². The number of aromatic nitrogens is 3. The van der Waals surface area contributed by atoms with Gasteiger partial charge in [0.05, 0.1) is 5.39 Å². The Labute approximate surface area is 112 Å². The molecule has 0 radical (unpaired) electrons. The van der Waals surface area contributed by atoms with Gasteiger partial charge in [0.2, 0.25) is 0 Å². The topological polar surface area (TPSA) is 53.6 Å². The summed E-state index contributed by atoms with van der Waals surface area (Å²) in [6, 6.07) is 2.02. The van der Waals surface area contributed by atoms with Crippen molar-refractivity contribution in [1.29, 1.82) is 0 Å². The monoisotopic (exact) mass is 264 g/mol. The second-order valence-electron chi connectivity index (χ2n) is 4.29. The average molecular weight is 264 g/mol. The Hall–Kier alpha value is -1.23. The summed E-state index contributed by atoms with van der Waals surface area (Å²) in [5.41, 5.74) is 0.908. The Morgan fingerprint density at radius 1 is 1.28 bits per heavy atom. The van der Waals surface area contributed by atoms with Gasteiger partial charge in [0, 0.05) is 12.7 Å². The molecule has 0 aromatic carbocycles. The summed E-state index contributed by atoms with van der Waals surface area (Å²) in [4.78, 5) is 12.1. The molecular formula is C13H20N4S. The molecule has 0 unspecified atom stereocenters. The van der Waals surface area contributed by atoms with Crippen LogP contribution in [0.1, 0.15) is 32.6 Å². The Morgan fingerprint density at radius 2 is 2.17 bits per heavy atom. The van der Waals surface area contributed by atoms with Gasteiger partial charge in [-0.25, -0.2) is 9.97 Å². The number of anilines is 1. The highest BCUT2D eigenvalue weighted by molar-refractivity contribution is 7.98. The number of rotatable bonds is 7. The van der Waals surface area contributed by atoms with Crippen molar-refractivity contribution in [1.82, 2.24) is 15.0 Å². The van der Waals surface area contributed by atoms with Crippen LogP contribution < -0.4 is 5.32 Å². The summed E-state index contributed by atoms with van der Waals surface area (Å²) in [5.74, 6) is 0.946. The third-order valence-electron chi connectivity index (χ3n) is 2.90. The van der Waals surface area contributed by atoms with E-state index in [4.69, 9.17) is 0 Å². The maximum absolute atomic E-state index is 4.53. The molecule has 18 heavy (non-hydrogen) atoms. The minimum Gasteiger partial charge on any atom is -0.369 e. The van der Waals surface area contributed by atoms with Crippen LogP contribution in [0.5, 0.6) is 0 Å². The van der Waals surface area contributed by atoms with Gasteiger partial charge in [-0.2, -0.15) is 0 Å². The van der Waals surface area contributed by atoms with Crippen molar-refractivity contribution in [3.05, 3.63) is 12.3 Å². The first-order chi connectivity index (χ1) is 8.85. The van der Waals surface area contributed by atoms with Crippen molar-refractivity contribution in [2.45, 2.75) is 37.8 Å². The molecule has 0 aliphatic carbocycles. The summed E-state index contributed by atoms with van der Waals surface area (Å²) in [6.07, 6.45) is 8.95. The molecule has 2 rings (SSSR count). The summed E-state index contributed by atoms with van der Waals surface area (Å²) >= 11 is 1.57. The normalized spacial score (nSPS) is 11.0. The third kappa shape index (κ3) is 3.16. The van der Waals surface area contributed by atoms with Gasteiger partial charge in [-0.05, 0) is 18.7 Å². The van der Waals surface area contributed by atoms with Crippen molar-refractivity contribution < 1.29 is 0 Å². The number of nitrogens with one attached hydrogen (secondary N) is 2. The van der Waals surface area contributed by atoms with Crippen LogP contribution in [-0.2, 0) is 0 Å². The van der Waals surface area contributed by atoms with E-state index in [-0.39, 0.29) is 0 Å². The highest BCUT2D eigenvalue weighted by Gasteiger charge is 2.07. The highest BCUT2D eigenvalue weighted by atomic mass is 32.2. The number of unbranched alkanes of at least 4 members (excludes halogenated alkanes) is 3. The summed E-state index contributed by atoms with van der Waals surface area (Å²) in [7, 11) is 0. The predicted octanol–water partition coefficient (Wildman–Crippen LogP) is 3.67. The first kappa shape index (κ1) is 13.2. The molecule has 2 heterocycles. The smallest absolute Gasteiger partial charge is 0.191 e. The Morgan fingerprint density at radius 3 is 2.94 bits per heavy atom. The molecular weight excluding hydrogens is 244 g/mol. The van der Waals surface area contributed by atoms with Crippen LogP contribution in [0.4, 0.5) is 5.82 Å². The van der Waals surface area contributed by atoms with Crippen LogP contribution in [-0.4, -0.2) is 27.8 Å². The van der Waals surface area contributed by atoms with Gasteiger partial charge in [0.25, 0.3) is 0 Å². The lowest BCUT2D eigenvalue weighted by Gasteiger charge is -2.07. The molecule has 0 saturated heterocycles. The van der Waals surface area contributed by atoms with E-state index in [1.54, 1.807) is 11.8 Å². The van der Waals surface area contributed by atoms with E-state index in [0.717, 1.165) is 28.6 Å². The van der Waals surface area contributed by atoms with Crippen molar-refractivity contribution in [3.8, 4) is 0 Å². The average Bonchev–Trinajstić information content (AvgIpc) is 2.86. The quantitative estimate of drug-likeness (QED) is 0.455. The molecule has 2 aromatic heterocycles. The number of H-pyrrole nitrogens is 1. The molecule has 0 spiro atoms. The molecule has 98 valence electrons. The second kappa shape index (κ2) is 6.64. The largest absolute Gasteiger partial charge is 0.369 e. The SMILES string of the molecule is CCCCCCNc1nc(SC)nc2[nH]ccc12. The van der Waals surface area contributed by atoms with Crippen LogP contribution in [0.15, 0.2) is 17.4 Å². The van der Waals surface area contributed by atoms with Crippen LogP contribution in [0.25, 0.3) is 11.0 Å². The number of hydrogen-bond acceptors (Lipinski definition) is 4. The van der Waals surface area contributed by atoms with Crippen LogP contribution in [0.3, 0.4) is 0 Å². The van der Waals surface area contributed by atoms with Crippen LogP contribution >= 0.6 is 11.8 Å². The highest BCUT2D eigenvalue weighted by Crippen LogP contribution is 2.22. The second-order valence-corrected chi connectivity index (χ2v) is 5.06. The first-order valence-electron chi connectivity index (χ1n) is 6.48. The zero-order chi connectivity index (χ0) is 12.8. The van der Waals surface area contributed by atoms with E-state index in [1.807, 2.05) is 18.5 Å². The number of thioether (sulfide) groups is 1. The Bertz CT molecular complexity index is 495. The third-order valence-corrected chi connectivity index (χ3v) is 3.45. The van der Waals surface area contributed by atoms with Crippen molar-refractivity contribution in [2.24, 2.45) is 0 Å². The van der Waals surface area contributed by atoms with Gasteiger partial charge in [-0.15, -0.1) is 0 Å². The lowest BCUT2D eigenvalue weighted by molar-refractivity contribution is 0.684.